The van der Waals surface area contributed by atoms with Gasteiger partial charge in [-0.1, -0.05) is 37.6 Å². The molecule has 1 aliphatic heterocycles. The van der Waals surface area contributed by atoms with Crippen molar-refractivity contribution in [3.63, 3.8) is 0 Å². The van der Waals surface area contributed by atoms with Gasteiger partial charge in [-0.2, -0.15) is 4.31 Å². The number of anilines is 3. The second-order valence-corrected chi connectivity index (χ2v) is 12.5. The van der Waals surface area contributed by atoms with E-state index in [0.29, 0.717) is 26.2 Å². The molecule has 0 aromatic heterocycles. The van der Waals surface area contributed by atoms with Crippen molar-refractivity contribution >= 4 is 27.1 Å². The Balaban J connectivity index is 1.44. The number of hydrogen-bond donors (Lipinski definition) is 3. The molecule has 0 spiro atoms. The van der Waals surface area contributed by atoms with Crippen molar-refractivity contribution in [2.45, 2.75) is 44.0 Å². The van der Waals surface area contributed by atoms with Crippen molar-refractivity contribution in [1.29, 1.82) is 0 Å². The van der Waals surface area contributed by atoms with Crippen LogP contribution in [0.4, 0.5) is 17.1 Å². The number of sulfonamides is 1. The zero-order chi connectivity index (χ0) is 25.8. The second-order valence-electron chi connectivity index (χ2n) is 10.6. The Labute approximate surface area is 210 Å². The van der Waals surface area contributed by atoms with Gasteiger partial charge in [-0.05, 0) is 49.4 Å². The van der Waals surface area contributed by atoms with E-state index >= 15 is 0 Å². The molecule has 0 saturated carbocycles. The summed E-state index contributed by atoms with van der Waals surface area (Å²) in [4.78, 5) is 26.9. The van der Waals surface area contributed by atoms with Crippen LogP contribution in [0.15, 0.2) is 56.0 Å². The number of nitrogens with one attached hydrogen (secondary N) is 2. The quantitative estimate of drug-likeness (QED) is 0.399. The highest BCUT2D eigenvalue weighted by molar-refractivity contribution is 7.89. The standard InChI is InChI=1S/C26H32N4O5S/c1-26(2)11-10-16-6-4-7-17(16)25(26)28-21-20(23(32)24(21)33)27-18-8-5-9-19(22(18)31)36(34,35)30-14-12-29(3)13-15-30/h4-5,7-9,25,27-28,31H,6,10-15H2,1-3H3. The smallest absolute Gasteiger partial charge is 0.253 e. The minimum absolute atomic E-state index is 0.0370. The van der Waals surface area contributed by atoms with E-state index in [1.54, 1.807) is 0 Å². The normalized spacial score (nSPS) is 22.7. The van der Waals surface area contributed by atoms with Gasteiger partial charge in [0.15, 0.2) is 5.75 Å². The summed E-state index contributed by atoms with van der Waals surface area (Å²) in [7, 11) is -2.00. The van der Waals surface area contributed by atoms with E-state index in [-0.39, 0.29) is 33.4 Å². The van der Waals surface area contributed by atoms with Gasteiger partial charge in [0.1, 0.15) is 16.3 Å². The summed E-state index contributed by atoms with van der Waals surface area (Å²) in [5, 5.41) is 17.1. The molecule has 36 heavy (non-hydrogen) atoms. The fourth-order valence-corrected chi connectivity index (χ4v) is 6.88. The molecule has 5 rings (SSSR count). The number of rotatable bonds is 6. The largest absolute Gasteiger partial charge is 0.504 e. The minimum Gasteiger partial charge on any atom is -0.504 e. The number of benzene rings is 1. The van der Waals surface area contributed by atoms with Crippen LogP contribution in [-0.2, 0) is 10.0 Å². The second kappa shape index (κ2) is 8.86. The minimum atomic E-state index is -3.93. The third-order valence-corrected chi connectivity index (χ3v) is 9.70. The van der Waals surface area contributed by atoms with Crippen molar-refractivity contribution in [1.82, 2.24) is 9.21 Å². The molecule has 2 aromatic carbocycles. The number of allylic oxidation sites excluding steroid dienone is 2. The molecule has 0 bridgehead atoms. The van der Waals surface area contributed by atoms with Crippen molar-refractivity contribution in [3.8, 4) is 5.75 Å². The van der Waals surface area contributed by atoms with Gasteiger partial charge in [-0.25, -0.2) is 8.42 Å². The summed E-state index contributed by atoms with van der Waals surface area (Å²) in [6, 6.07) is 4.21. The summed E-state index contributed by atoms with van der Waals surface area (Å²) in [6.45, 7) is 6.12. The average Bonchev–Trinajstić information content (AvgIpc) is 3.31. The zero-order valence-electron chi connectivity index (χ0n) is 20.8. The van der Waals surface area contributed by atoms with Gasteiger partial charge in [0, 0.05) is 26.2 Å². The number of nitrogens with zero attached hydrogens (tertiary/aromatic N) is 2. The number of aromatic hydroxyl groups is 1. The van der Waals surface area contributed by atoms with Crippen LogP contribution in [-0.4, -0.2) is 62.0 Å². The monoisotopic (exact) mass is 512 g/mol. The zero-order valence-corrected chi connectivity index (χ0v) is 21.6. The van der Waals surface area contributed by atoms with E-state index in [1.807, 2.05) is 11.9 Å². The molecule has 10 heteroatoms. The molecule has 192 valence electrons. The first-order valence-electron chi connectivity index (χ1n) is 12.3. The fourth-order valence-electron chi connectivity index (χ4n) is 5.35. The first kappa shape index (κ1) is 24.7. The van der Waals surface area contributed by atoms with E-state index in [9.17, 15) is 23.1 Å². The number of piperazine rings is 1. The molecule has 9 nitrogen and oxygen atoms in total. The van der Waals surface area contributed by atoms with Crippen LogP contribution in [0.5, 0.6) is 5.75 Å². The van der Waals surface area contributed by atoms with Gasteiger partial charge in [-0.3, -0.25) is 9.59 Å². The van der Waals surface area contributed by atoms with Crippen molar-refractivity contribution in [2.24, 2.45) is 5.41 Å². The highest BCUT2D eigenvalue weighted by Crippen LogP contribution is 2.45. The molecular weight excluding hydrogens is 480 g/mol. The molecule has 0 amide bonds. The molecule has 1 atom stereocenters. The van der Waals surface area contributed by atoms with Crippen molar-refractivity contribution in [3.05, 3.63) is 61.9 Å². The van der Waals surface area contributed by atoms with Crippen LogP contribution < -0.4 is 21.5 Å². The number of para-hydroxylation sites is 1. The summed E-state index contributed by atoms with van der Waals surface area (Å²) < 4.78 is 27.8. The lowest BCUT2D eigenvalue weighted by Gasteiger charge is -2.41. The molecule has 1 heterocycles. The molecule has 3 N–H and O–H groups in total. The van der Waals surface area contributed by atoms with E-state index in [1.165, 1.54) is 28.1 Å². The third kappa shape index (κ3) is 4.07. The topological polar surface area (TPSA) is 119 Å². The molecule has 3 aliphatic rings. The number of hydrogen-bond acceptors (Lipinski definition) is 8. The fraction of sp³-hybridized carbons (Fsp3) is 0.462. The highest BCUT2D eigenvalue weighted by atomic mass is 32.2. The van der Waals surface area contributed by atoms with Crippen molar-refractivity contribution in [2.75, 3.05) is 43.9 Å². The molecule has 0 radical (unpaired) electrons. The SMILES string of the molecule is CN1CCN(S(=O)(=O)c2cccc(Nc3c(NC4C5=C(CC=C5)CCC4(C)C)c(=O)c3=O)c2O)CC1. The number of phenolic OH excluding ortho intramolecular Hbond substituents is 1. The van der Waals surface area contributed by atoms with Gasteiger partial charge >= 0.3 is 0 Å². The summed E-state index contributed by atoms with van der Waals surface area (Å²) in [5.41, 5.74) is 1.31. The van der Waals surface area contributed by atoms with E-state index in [4.69, 9.17) is 0 Å². The lowest BCUT2D eigenvalue weighted by Crippen LogP contribution is -2.47. The Morgan fingerprint density at radius 1 is 1.06 bits per heavy atom. The van der Waals surface area contributed by atoms with Gasteiger partial charge in [0.2, 0.25) is 10.0 Å². The van der Waals surface area contributed by atoms with E-state index in [2.05, 4.69) is 36.6 Å². The lowest BCUT2D eigenvalue weighted by atomic mass is 9.70. The molecule has 2 aliphatic carbocycles. The summed E-state index contributed by atoms with van der Waals surface area (Å²) in [5.74, 6) is -0.475. The van der Waals surface area contributed by atoms with Gasteiger partial charge < -0.3 is 20.6 Å². The van der Waals surface area contributed by atoms with Gasteiger partial charge in [0.25, 0.3) is 10.9 Å². The van der Waals surface area contributed by atoms with Crippen LogP contribution in [0, 0.1) is 5.41 Å². The first-order valence-corrected chi connectivity index (χ1v) is 13.7. The summed E-state index contributed by atoms with van der Waals surface area (Å²) in [6.07, 6.45) is 7.07. The molecular formula is C26H32N4O5S. The number of likely N-dealkylation sites (N-methyl/N-ethyl adjacent to an activating group) is 1. The Kier molecular flexibility index (Phi) is 6.09. The average molecular weight is 513 g/mol. The van der Waals surface area contributed by atoms with Crippen LogP contribution in [0.3, 0.4) is 0 Å². The van der Waals surface area contributed by atoms with E-state index in [0.717, 1.165) is 24.8 Å². The molecule has 1 unspecified atom stereocenters. The summed E-state index contributed by atoms with van der Waals surface area (Å²) >= 11 is 0. The van der Waals surface area contributed by atoms with Crippen LogP contribution >= 0.6 is 0 Å². The van der Waals surface area contributed by atoms with Crippen LogP contribution in [0.25, 0.3) is 0 Å². The van der Waals surface area contributed by atoms with Crippen LogP contribution in [0.2, 0.25) is 0 Å². The van der Waals surface area contributed by atoms with Gasteiger partial charge in [0.05, 0.1) is 11.7 Å². The molecule has 1 saturated heterocycles. The third-order valence-electron chi connectivity index (χ3n) is 7.77. The lowest BCUT2D eigenvalue weighted by molar-refractivity contribution is 0.222. The van der Waals surface area contributed by atoms with Crippen LogP contribution in [0.1, 0.15) is 33.1 Å². The Morgan fingerprint density at radius 3 is 2.47 bits per heavy atom. The first-order chi connectivity index (χ1) is 17.0. The highest BCUT2D eigenvalue weighted by Gasteiger charge is 2.39. The van der Waals surface area contributed by atoms with Gasteiger partial charge in [-0.15, -0.1) is 0 Å². The Morgan fingerprint density at radius 2 is 1.75 bits per heavy atom. The van der Waals surface area contributed by atoms with Crippen molar-refractivity contribution < 1.29 is 13.5 Å². The Bertz CT molecular complexity index is 1440. The predicted molar refractivity (Wildman–Crippen MR) is 140 cm³/mol. The number of phenols is 1. The maximum Gasteiger partial charge on any atom is 0.253 e. The molecule has 2 aromatic rings. The Hall–Kier alpha value is -2.95. The molecule has 1 fully saturated rings. The maximum atomic E-state index is 13.2. The predicted octanol–water partition coefficient (Wildman–Crippen LogP) is 2.52. The maximum absolute atomic E-state index is 13.2. The van der Waals surface area contributed by atoms with E-state index < -0.39 is 26.6 Å².